The Hall–Kier alpha value is -1.42. The van der Waals surface area contributed by atoms with Crippen molar-refractivity contribution in [1.82, 2.24) is 9.36 Å². The lowest BCUT2D eigenvalue weighted by Gasteiger charge is -2.09. The van der Waals surface area contributed by atoms with Crippen LogP contribution in [0.3, 0.4) is 0 Å². The second-order valence-corrected chi connectivity index (χ2v) is 5.31. The number of nitrogens with one attached hydrogen (secondary N) is 1. The molecule has 1 atom stereocenters. The Morgan fingerprint density at radius 1 is 1.29 bits per heavy atom. The van der Waals surface area contributed by atoms with Crippen molar-refractivity contribution in [2.24, 2.45) is 5.92 Å². The number of benzene rings is 1. The lowest BCUT2D eigenvalue weighted by molar-refractivity contribution is 0.693. The van der Waals surface area contributed by atoms with Gasteiger partial charge in [0, 0.05) is 23.1 Å². The van der Waals surface area contributed by atoms with Gasteiger partial charge in [0.05, 0.1) is 0 Å². The zero-order chi connectivity index (χ0) is 11.7. The molecule has 0 amide bonds. The van der Waals surface area contributed by atoms with Gasteiger partial charge in [0.2, 0.25) is 5.13 Å². The molecule has 0 bridgehead atoms. The Balaban J connectivity index is 1.74. The molecule has 1 aromatic carbocycles. The number of aromatic nitrogens is 2. The Kier molecular flexibility index (Phi) is 2.81. The fraction of sp³-hybridized carbons (Fsp3) is 0.385. The van der Waals surface area contributed by atoms with Gasteiger partial charge in [-0.1, -0.05) is 30.3 Å². The van der Waals surface area contributed by atoms with Crippen LogP contribution in [0.15, 0.2) is 30.3 Å². The second-order valence-electron chi connectivity index (χ2n) is 4.56. The van der Waals surface area contributed by atoms with E-state index in [-0.39, 0.29) is 0 Å². The van der Waals surface area contributed by atoms with E-state index in [0.717, 1.165) is 22.4 Å². The summed E-state index contributed by atoms with van der Waals surface area (Å²) in [4.78, 5) is 4.53. The fourth-order valence-corrected chi connectivity index (χ4v) is 2.58. The highest BCUT2D eigenvalue weighted by molar-refractivity contribution is 7.09. The van der Waals surface area contributed by atoms with Gasteiger partial charge in [-0.2, -0.15) is 9.36 Å². The summed E-state index contributed by atoms with van der Waals surface area (Å²) in [6.45, 7) is 2.22. The summed E-state index contributed by atoms with van der Waals surface area (Å²) in [5, 5.41) is 4.37. The second kappa shape index (κ2) is 4.45. The van der Waals surface area contributed by atoms with Crippen LogP contribution in [0.2, 0.25) is 0 Å². The van der Waals surface area contributed by atoms with E-state index in [1.165, 1.54) is 24.4 Å². The summed E-state index contributed by atoms with van der Waals surface area (Å²) >= 11 is 1.45. The minimum Gasteiger partial charge on any atom is -0.358 e. The molecule has 3 rings (SSSR count). The van der Waals surface area contributed by atoms with Gasteiger partial charge in [-0.15, -0.1) is 0 Å². The quantitative estimate of drug-likeness (QED) is 0.897. The minimum absolute atomic E-state index is 0.520. The maximum atomic E-state index is 4.53. The normalized spacial score (nSPS) is 16.8. The van der Waals surface area contributed by atoms with E-state index >= 15 is 0 Å². The lowest BCUT2D eigenvalue weighted by Crippen LogP contribution is -2.16. The first kappa shape index (κ1) is 10.7. The van der Waals surface area contributed by atoms with Crippen LogP contribution in [0.5, 0.6) is 0 Å². The molecule has 4 heteroatoms. The third-order valence-corrected chi connectivity index (χ3v) is 3.78. The van der Waals surface area contributed by atoms with Crippen molar-refractivity contribution in [3.63, 3.8) is 0 Å². The van der Waals surface area contributed by atoms with Gasteiger partial charge < -0.3 is 5.32 Å². The predicted molar refractivity (Wildman–Crippen MR) is 71.2 cm³/mol. The van der Waals surface area contributed by atoms with Gasteiger partial charge in [0.25, 0.3) is 0 Å². The van der Waals surface area contributed by atoms with Crippen LogP contribution < -0.4 is 5.32 Å². The fourth-order valence-electron chi connectivity index (χ4n) is 1.90. The first-order chi connectivity index (χ1) is 8.33. The van der Waals surface area contributed by atoms with Crippen molar-refractivity contribution in [1.29, 1.82) is 0 Å². The first-order valence-electron chi connectivity index (χ1n) is 5.98. The molecular formula is C13H15N3S. The monoisotopic (exact) mass is 245 g/mol. The SMILES string of the molecule is CC(Nc1nc(-c2ccccc2)ns1)C1CC1. The van der Waals surface area contributed by atoms with Crippen molar-refractivity contribution in [3.05, 3.63) is 30.3 Å². The molecule has 1 aliphatic carbocycles. The van der Waals surface area contributed by atoms with Gasteiger partial charge in [-0.3, -0.25) is 0 Å². The topological polar surface area (TPSA) is 37.8 Å². The molecule has 1 unspecified atom stereocenters. The molecule has 1 aromatic heterocycles. The summed E-state index contributed by atoms with van der Waals surface area (Å²) in [5.74, 6) is 1.65. The molecule has 88 valence electrons. The van der Waals surface area contributed by atoms with Gasteiger partial charge in [0.15, 0.2) is 5.82 Å². The first-order valence-corrected chi connectivity index (χ1v) is 6.76. The van der Waals surface area contributed by atoms with Gasteiger partial charge in [-0.05, 0) is 25.7 Å². The van der Waals surface area contributed by atoms with Crippen LogP contribution in [0, 0.1) is 5.92 Å². The van der Waals surface area contributed by atoms with E-state index in [4.69, 9.17) is 0 Å². The van der Waals surface area contributed by atoms with Crippen molar-refractivity contribution < 1.29 is 0 Å². The molecule has 0 radical (unpaired) electrons. The van der Waals surface area contributed by atoms with E-state index < -0.39 is 0 Å². The third kappa shape index (κ3) is 2.47. The third-order valence-electron chi connectivity index (χ3n) is 3.14. The highest BCUT2D eigenvalue weighted by Gasteiger charge is 2.28. The lowest BCUT2D eigenvalue weighted by atomic mass is 10.2. The van der Waals surface area contributed by atoms with Crippen LogP contribution >= 0.6 is 11.5 Å². The standard InChI is InChI=1S/C13H15N3S/c1-9(10-7-8-10)14-13-15-12(16-17-13)11-5-3-2-4-6-11/h2-6,9-10H,7-8H2,1H3,(H,14,15,16). The zero-order valence-corrected chi connectivity index (χ0v) is 10.6. The molecule has 2 aromatic rings. The Morgan fingerprint density at radius 3 is 2.76 bits per heavy atom. The summed E-state index contributed by atoms with van der Waals surface area (Å²) in [7, 11) is 0. The number of nitrogens with zero attached hydrogens (tertiary/aromatic N) is 2. The van der Waals surface area contributed by atoms with Gasteiger partial charge in [-0.25, -0.2) is 0 Å². The van der Waals surface area contributed by atoms with Crippen molar-refractivity contribution in [3.8, 4) is 11.4 Å². The molecule has 17 heavy (non-hydrogen) atoms. The predicted octanol–water partition coefficient (Wildman–Crippen LogP) is 3.42. The molecule has 1 saturated carbocycles. The minimum atomic E-state index is 0.520. The maximum Gasteiger partial charge on any atom is 0.203 e. The molecule has 0 spiro atoms. The molecule has 1 fully saturated rings. The molecule has 1 N–H and O–H groups in total. The number of hydrogen-bond donors (Lipinski definition) is 1. The van der Waals surface area contributed by atoms with Crippen LogP contribution in [0.1, 0.15) is 19.8 Å². The molecule has 0 saturated heterocycles. The Labute approximate surface area is 105 Å². The van der Waals surface area contributed by atoms with Crippen LogP contribution in [-0.2, 0) is 0 Å². The van der Waals surface area contributed by atoms with Crippen LogP contribution in [-0.4, -0.2) is 15.4 Å². The Morgan fingerprint density at radius 2 is 2.06 bits per heavy atom. The van der Waals surface area contributed by atoms with E-state index in [9.17, 15) is 0 Å². The number of rotatable bonds is 4. The van der Waals surface area contributed by atoms with Crippen LogP contribution in [0.4, 0.5) is 5.13 Å². The highest BCUT2D eigenvalue weighted by Crippen LogP contribution is 2.34. The Bertz CT molecular complexity index is 490. The number of hydrogen-bond acceptors (Lipinski definition) is 4. The highest BCUT2D eigenvalue weighted by atomic mass is 32.1. The average molecular weight is 245 g/mol. The summed E-state index contributed by atoms with van der Waals surface area (Å²) in [5.41, 5.74) is 1.08. The summed E-state index contributed by atoms with van der Waals surface area (Å²) < 4.78 is 4.39. The van der Waals surface area contributed by atoms with Crippen LogP contribution in [0.25, 0.3) is 11.4 Å². The van der Waals surface area contributed by atoms with Crippen molar-refractivity contribution in [2.75, 3.05) is 5.32 Å². The maximum absolute atomic E-state index is 4.53. The van der Waals surface area contributed by atoms with Crippen molar-refractivity contribution >= 4 is 16.7 Å². The molecule has 1 heterocycles. The average Bonchev–Trinajstić information content (AvgIpc) is 3.12. The van der Waals surface area contributed by atoms with Gasteiger partial charge >= 0.3 is 0 Å². The molecule has 1 aliphatic rings. The van der Waals surface area contributed by atoms with E-state index in [2.05, 4.69) is 21.6 Å². The summed E-state index contributed by atoms with van der Waals surface area (Å²) in [6.07, 6.45) is 2.69. The largest absolute Gasteiger partial charge is 0.358 e. The summed E-state index contributed by atoms with van der Waals surface area (Å²) in [6, 6.07) is 10.6. The van der Waals surface area contributed by atoms with Gasteiger partial charge in [0.1, 0.15) is 0 Å². The van der Waals surface area contributed by atoms with Crippen molar-refractivity contribution in [2.45, 2.75) is 25.8 Å². The zero-order valence-electron chi connectivity index (χ0n) is 9.76. The smallest absolute Gasteiger partial charge is 0.203 e. The van der Waals surface area contributed by atoms with E-state index in [0.29, 0.717) is 6.04 Å². The molecule has 3 nitrogen and oxygen atoms in total. The molecule has 0 aliphatic heterocycles. The van der Waals surface area contributed by atoms with E-state index in [1.807, 2.05) is 30.3 Å². The van der Waals surface area contributed by atoms with E-state index in [1.54, 1.807) is 0 Å². The number of anilines is 1. The molecular weight excluding hydrogens is 230 g/mol.